The second kappa shape index (κ2) is 5.40. The van der Waals surface area contributed by atoms with Crippen molar-refractivity contribution in [3.63, 3.8) is 0 Å². The molecule has 0 aromatic carbocycles. The lowest BCUT2D eigenvalue weighted by Gasteiger charge is -2.25. The van der Waals surface area contributed by atoms with Crippen LogP contribution in [0.15, 0.2) is 11.6 Å². The van der Waals surface area contributed by atoms with Gasteiger partial charge in [0.2, 0.25) is 0 Å². The van der Waals surface area contributed by atoms with Crippen molar-refractivity contribution in [1.29, 1.82) is 0 Å². The van der Waals surface area contributed by atoms with Gasteiger partial charge in [-0.15, -0.1) is 0 Å². The Balaban J connectivity index is 3.89. The van der Waals surface area contributed by atoms with E-state index in [1.807, 2.05) is 0 Å². The zero-order valence-corrected chi connectivity index (χ0v) is 9.17. The molecule has 0 aliphatic rings. The number of aliphatic hydroxyl groups excluding tert-OH is 1. The van der Waals surface area contributed by atoms with E-state index in [2.05, 4.69) is 19.9 Å². The summed E-state index contributed by atoms with van der Waals surface area (Å²) < 4.78 is 0. The summed E-state index contributed by atoms with van der Waals surface area (Å²) in [4.78, 5) is 0. The average molecular weight is 186 g/mol. The Morgan fingerprint density at radius 3 is 2.46 bits per heavy atom. The Kier molecular flexibility index (Phi) is 5.26. The van der Waals surface area contributed by atoms with E-state index in [-0.39, 0.29) is 0 Å². The molecule has 0 aromatic heterocycles. The molecular formula is C11H22O2. The molecule has 0 radical (unpaired) electrons. The van der Waals surface area contributed by atoms with Gasteiger partial charge >= 0.3 is 0 Å². The highest BCUT2D eigenvalue weighted by Gasteiger charge is 2.25. The fraction of sp³-hybridized carbons (Fsp3) is 0.818. The molecule has 0 saturated heterocycles. The van der Waals surface area contributed by atoms with Gasteiger partial charge in [0.15, 0.2) is 0 Å². The third-order valence-corrected chi connectivity index (χ3v) is 2.60. The molecule has 0 bridgehead atoms. The van der Waals surface area contributed by atoms with Crippen LogP contribution in [0.25, 0.3) is 0 Å². The fourth-order valence-corrected chi connectivity index (χ4v) is 0.964. The molecule has 13 heavy (non-hydrogen) atoms. The first-order valence-corrected chi connectivity index (χ1v) is 4.96. The van der Waals surface area contributed by atoms with Crippen molar-refractivity contribution in [3.05, 3.63) is 11.6 Å². The summed E-state index contributed by atoms with van der Waals surface area (Å²) in [5.74, 6) is 0. The lowest BCUT2D eigenvalue weighted by atomic mass is 9.94. The van der Waals surface area contributed by atoms with E-state index in [4.69, 9.17) is 0 Å². The molecule has 2 N–H and O–H groups in total. The normalized spacial score (nSPS) is 19.7. The molecule has 0 amide bonds. The van der Waals surface area contributed by atoms with Crippen molar-refractivity contribution >= 4 is 0 Å². The Morgan fingerprint density at radius 2 is 2.08 bits per heavy atom. The monoisotopic (exact) mass is 186 g/mol. The van der Waals surface area contributed by atoms with Crippen LogP contribution < -0.4 is 0 Å². The maximum Gasteiger partial charge on any atom is 0.0877 e. The molecule has 0 spiro atoms. The highest BCUT2D eigenvalue weighted by Crippen LogP contribution is 2.17. The van der Waals surface area contributed by atoms with E-state index in [0.717, 1.165) is 12.8 Å². The van der Waals surface area contributed by atoms with Crippen molar-refractivity contribution < 1.29 is 10.2 Å². The maximum atomic E-state index is 9.70. The zero-order chi connectivity index (χ0) is 10.5. The molecule has 0 aliphatic carbocycles. The topological polar surface area (TPSA) is 40.5 Å². The molecule has 0 fully saturated rings. The SMILES string of the molecule is CC/C(C)=C/CCC(C)(O)C(C)O. The minimum Gasteiger partial charge on any atom is -0.390 e. The van der Waals surface area contributed by atoms with Gasteiger partial charge in [-0.1, -0.05) is 18.6 Å². The Bertz CT molecular complexity index is 169. The summed E-state index contributed by atoms with van der Waals surface area (Å²) >= 11 is 0. The Labute approximate surface area is 81.3 Å². The number of aliphatic hydroxyl groups is 2. The first kappa shape index (κ1) is 12.7. The van der Waals surface area contributed by atoms with E-state index in [9.17, 15) is 10.2 Å². The molecule has 0 aliphatic heterocycles. The molecule has 2 heteroatoms. The number of allylic oxidation sites excluding steroid dienone is 2. The molecule has 78 valence electrons. The van der Waals surface area contributed by atoms with Crippen LogP contribution in [0.2, 0.25) is 0 Å². The van der Waals surface area contributed by atoms with Gasteiger partial charge in [-0.2, -0.15) is 0 Å². The lowest BCUT2D eigenvalue weighted by Crippen LogP contribution is -2.36. The summed E-state index contributed by atoms with van der Waals surface area (Å²) in [5, 5.41) is 18.9. The number of rotatable bonds is 5. The molecule has 0 saturated carbocycles. The van der Waals surface area contributed by atoms with Gasteiger partial charge in [-0.25, -0.2) is 0 Å². The maximum absolute atomic E-state index is 9.70. The lowest BCUT2D eigenvalue weighted by molar-refractivity contribution is -0.0567. The molecule has 2 atom stereocenters. The average Bonchev–Trinajstić information content (AvgIpc) is 2.03. The van der Waals surface area contributed by atoms with Crippen molar-refractivity contribution in [2.45, 2.75) is 58.7 Å². The predicted molar refractivity (Wildman–Crippen MR) is 55.6 cm³/mol. The largest absolute Gasteiger partial charge is 0.390 e. The van der Waals surface area contributed by atoms with Gasteiger partial charge in [0, 0.05) is 0 Å². The summed E-state index contributed by atoms with van der Waals surface area (Å²) in [6, 6.07) is 0. The van der Waals surface area contributed by atoms with Gasteiger partial charge in [0.1, 0.15) is 0 Å². The quantitative estimate of drug-likeness (QED) is 0.646. The predicted octanol–water partition coefficient (Wildman–Crippen LogP) is 2.25. The molecule has 0 heterocycles. The van der Waals surface area contributed by atoms with Gasteiger partial charge in [0.25, 0.3) is 0 Å². The summed E-state index contributed by atoms with van der Waals surface area (Å²) in [6.45, 7) is 7.49. The number of hydrogen-bond donors (Lipinski definition) is 2. The van der Waals surface area contributed by atoms with Gasteiger partial charge in [-0.3, -0.25) is 0 Å². The number of hydrogen-bond acceptors (Lipinski definition) is 2. The third kappa shape index (κ3) is 5.06. The van der Waals surface area contributed by atoms with E-state index < -0.39 is 11.7 Å². The van der Waals surface area contributed by atoms with Crippen molar-refractivity contribution in [1.82, 2.24) is 0 Å². The van der Waals surface area contributed by atoms with Crippen molar-refractivity contribution in [2.24, 2.45) is 0 Å². The minimum absolute atomic E-state index is 0.613. The Morgan fingerprint density at radius 1 is 1.54 bits per heavy atom. The summed E-state index contributed by atoms with van der Waals surface area (Å²) in [7, 11) is 0. The summed E-state index contributed by atoms with van der Waals surface area (Å²) in [6.07, 6.45) is 3.95. The smallest absolute Gasteiger partial charge is 0.0877 e. The first-order valence-electron chi connectivity index (χ1n) is 4.96. The minimum atomic E-state index is -0.954. The van der Waals surface area contributed by atoms with Crippen molar-refractivity contribution in [3.8, 4) is 0 Å². The van der Waals surface area contributed by atoms with Crippen LogP contribution in [-0.2, 0) is 0 Å². The van der Waals surface area contributed by atoms with Crippen LogP contribution in [0.3, 0.4) is 0 Å². The molecule has 0 rings (SSSR count). The summed E-state index contributed by atoms with van der Waals surface area (Å²) in [5.41, 5.74) is 0.381. The van der Waals surface area contributed by atoms with Crippen LogP contribution in [-0.4, -0.2) is 21.9 Å². The fourth-order valence-electron chi connectivity index (χ4n) is 0.964. The second-order valence-electron chi connectivity index (χ2n) is 3.98. The van der Waals surface area contributed by atoms with E-state index >= 15 is 0 Å². The molecular weight excluding hydrogens is 164 g/mol. The highest BCUT2D eigenvalue weighted by atomic mass is 16.3. The van der Waals surface area contributed by atoms with Crippen LogP contribution >= 0.6 is 0 Å². The second-order valence-corrected chi connectivity index (χ2v) is 3.98. The standard InChI is InChI=1S/C11H22O2/c1-5-9(2)7-6-8-11(4,13)10(3)12/h7,10,12-13H,5-6,8H2,1-4H3/b9-7+. The molecule has 2 nitrogen and oxygen atoms in total. The van der Waals surface area contributed by atoms with Crippen LogP contribution in [0.4, 0.5) is 0 Å². The highest BCUT2D eigenvalue weighted by molar-refractivity contribution is 4.97. The van der Waals surface area contributed by atoms with Crippen LogP contribution in [0.1, 0.15) is 47.0 Å². The van der Waals surface area contributed by atoms with Gasteiger partial charge in [0.05, 0.1) is 11.7 Å². The zero-order valence-electron chi connectivity index (χ0n) is 9.17. The molecule has 2 unspecified atom stereocenters. The Hall–Kier alpha value is -0.340. The van der Waals surface area contributed by atoms with Crippen LogP contribution in [0, 0.1) is 0 Å². The van der Waals surface area contributed by atoms with E-state index in [1.165, 1.54) is 5.57 Å². The third-order valence-electron chi connectivity index (χ3n) is 2.60. The van der Waals surface area contributed by atoms with E-state index in [0.29, 0.717) is 6.42 Å². The van der Waals surface area contributed by atoms with Gasteiger partial charge in [-0.05, 0) is 40.0 Å². The van der Waals surface area contributed by atoms with Crippen LogP contribution in [0.5, 0.6) is 0 Å². The van der Waals surface area contributed by atoms with Crippen molar-refractivity contribution in [2.75, 3.05) is 0 Å². The first-order chi connectivity index (χ1) is 5.90. The van der Waals surface area contributed by atoms with E-state index in [1.54, 1.807) is 13.8 Å². The van der Waals surface area contributed by atoms with Gasteiger partial charge < -0.3 is 10.2 Å². The molecule has 0 aromatic rings.